The Hall–Kier alpha value is -3.80. The number of amides is 2. The number of nitrogens with one attached hydrogen (secondary N) is 1. The standard InChI is InChI=1S/C29H34N2O4/c1-21(2)29(33)31(20-23-12-16-26(35-4)17-13-23)27(24-8-6-5-7-9-24)28(32)30-19-18-22-10-14-25(34-3)15-11-22/h5-17,21,27H,18-20H2,1-4H3,(H,30,32)/t27-/m1/s1. The van der Waals surface area contributed by atoms with Crippen LogP contribution >= 0.6 is 0 Å². The fourth-order valence-corrected chi connectivity index (χ4v) is 3.88. The van der Waals surface area contributed by atoms with Crippen LogP contribution in [0.5, 0.6) is 11.5 Å². The average Bonchev–Trinajstić information content (AvgIpc) is 2.89. The molecule has 0 bridgehead atoms. The first-order valence-corrected chi connectivity index (χ1v) is 11.8. The minimum absolute atomic E-state index is 0.0834. The third-order valence-corrected chi connectivity index (χ3v) is 5.84. The van der Waals surface area contributed by atoms with Crippen molar-refractivity contribution >= 4 is 11.8 Å². The molecule has 0 spiro atoms. The van der Waals surface area contributed by atoms with Gasteiger partial charge in [-0.25, -0.2) is 0 Å². The maximum atomic E-state index is 13.5. The molecule has 0 heterocycles. The lowest BCUT2D eigenvalue weighted by atomic mass is 10.0. The van der Waals surface area contributed by atoms with Gasteiger partial charge in [0.15, 0.2) is 0 Å². The molecule has 1 atom stereocenters. The summed E-state index contributed by atoms with van der Waals surface area (Å²) in [6.07, 6.45) is 0.674. The predicted octanol–water partition coefficient (Wildman–Crippen LogP) is 4.79. The van der Waals surface area contributed by atoms with Gasteiger partial charge in [-0.2, -0.15) is 0 Å². The minimum Gasteiger partial charge on any atom is -0.497 e. The summed E-state index contributed by atoms with van der Waals surface area (Å²) in [5.41, 5.74) is 2.79. The van der Waals surface area contributed by atoms with Crippen LogP contribution in [-0.2, 0) is 22.6 Å². The molecule has 3 aromatic carbocycles. The average molecular weight is 475 g/mol. The zero-order chi connectivity index (χ0) is 25.2. The van der Waals surface area contributed by atoms with Gasteiger partial charge in [0.1, 0.15) is 17.5 Å². The van der Waals surface area contributed by atoms with Gasteiger partial charge < -0.3 is 19.7 Å². The summed E-state index contributed by atoms with van der Waals surface area (Å²) >= 11 is 0. The van der Waals surface area contributed by atoms with Crippen LogP contribution in [0, 0.1) is 5.92 Å². The number of hydrogen-bond acceptors (Lipinski definition) is 4. The molecular formula is C29H34N2O4. The molecule has 184 valence electrons. The first-order valence-electron chi connectivity index (χ1n) is 11.8. The Kier molecular flexibility index (Phi) is 9.30. The SMILES string of the molecule is COc1ccc(CCNC(=O)[C@@H](c2ccccc2)N(Cc2ccc(OC)cc2)C(=O)C(C)C)cc1. The molecule has 1 N–H and O–H groups in total. The van der Waals surface area contributed by atoms with Crippen LogP contribution in [0.4, 0.5) is 0 Å². The molecule has 0 radical (unpaired) electrons. The van der Waals surface area contributed by atoms with Crippen LogP contribution < -0.4 is 14.8 Å². The minimum atomic E-state index is -0.746. The summed E-state index contributed by atoms with van der Waals surface area (Å²) in [7, 11) is 3.25. The summed E-state index contributed by atoms with van der Waals surface area (Å²) in [5.74, 6) is 0.994. The van der Waals surface area contributed by atoms with Crippen molar-refractivity contribution in [2.45, 2.75) is 32.9 Å². The van der Waals surface area contributed by atoms with Crippen molar-refractivity contribution < 1.29 is 19.1 Å². The molecule has 35 heavy (non-hydrogen) atoms. The number of rotatable bonds is 11. The number of carbonyl (C=O) groups excluding carboxylic acids is 2. The molecule has 6 nitrogen and oxygen atoms in total. The van der Waals surface area contributed by atoms with Crippen LogP contribution in [0.1, 0.15) is 36.6 Å². The number of nitrogens with zero attached hydrogens (tertiary/aromatic N) is 1. The number of hydrogen-bond donors (Lipinski definition) is 1. The highest BCUT2D eigenvalue weighted by atomic mass is 16.5. The van der Waals surface area contributed by atoms with Gasteiger partial charge in [0.25, 0.3) is 0 Å². The smallest absolute Gasteiger partial charge is 0.247 e. The largest absolute Gasteiger partial charge is 0.497 e. The second-order valence-electron chi connectivity index (χ2n) is 8.67. The zero-order valence-electron chi connectivity index (χ0n) is 20.9. The van der Waals surface area contributed by atoms with Crippen molar-refractivity contribution in [2.75, 3.05) is 20.8 Å². The van der Waals surface area contributed by atoms with E-state index in [1.807, 2.05) is 92.7 Å². The maximum Gasteiger partial charge on any atom is 0.247 e. The molecule has 0 fully saturated rings. The van der Waals surface area contributed by atoms with Gasteiger partial charge in [0.05, 0.1) is 14.2 Å². The van der Waals surface area contributed by atoms with Gasteiger partial charge in [-0.3, -0.25) is 9.59 Å². The van der Waals surface area contributed by atoms with E-state index < -0.39 is 6.04 Å². The molecule has 0 aliphatic carbocycles. The van der Waals surface area contributed by atoms with E-state index in [1.54, 1.807) is 19.1 Å². The molecule has 3 rings (SSSR count). The van der Waals surface area contributed by atoms with Crippen LogP contribution in [0.15, 0.2) is 78.9 Å². The zero-order valence-corrected chi connectivity index (χ0v) is 20.9. The van der Waals surface area contributed by atoms with Gasteiger partial charge in [0, 0.05) is 19.0 Å². The highest BCUT2D eigenvalue weighted by Gasteiger charge is 2.32. The Morgan fingerprint density at radius 1 is 0.800 bits per heavy atom. The van der Waals surface area contributed by atoms with Gasteiger partial charge in [0.2, 0.25) is 11.8 Å². The monoisotopic (exact) mass is 474 g/mol. The Morgan fingerprint density at radius 3 is 1.86 bits per heavy atom. The maximum absolute atomic E-state index is 13.5. The van der Waals surface area contributed by atoms with Gasteiger partial charge in [-0.1, -0.05) is 68.4 Å². The highest BCUT2D eigenvalue weighted by Crippen LogP contribution is 2.26. The second kappa shape index (κ2) is 12.6. The molecule has 0 saturated carbocycles. The Bertz CT molecular complexity index is 1080. The molecule has 0 saturated heterocycles. The van der Waals surface area contributed by atoms with E-state index in [9.17, 15) is 9.59 Å². The predicted molar refractivity (Wildman–Crippen MR) is 137 cm³/mol. The Labute approximate surface area is 207 Å². The van der Waals surface area contributed by atoms with Gasteiger partial charge in [-0.15, -0.1) is 0 Å². The van der Waals surface area contributed by atoms with Crippen molar-refractivity contribution in [2.24, 2.45) is 5.92 Å². The van der Waals surface area contributed by atoms with Gasteiger partial charge >= 0.3 is 0 Å². The fraction of sp³-hybridized carbons (Fsp3) is 0.310. The molecule has 0 aliphatic rings. The van der Waals surface area contributed by atoms with E-state index in [2.05, 4.69) is 5.32 Å². The van der Waals surface area contributed by atoms with Crippen molar-refractivity contribution in [3.05, 3.63) is 95.6 Å². The highest BCUT2D eigenvalue weighted by molar-refractivity contribution is 5.89. The fourth-order valence-electron chi connectivity index (χ4n) is 3.88. The quantitative estimate of drug-likeness (QED) is 0.434. The van der Waals surface area contributed by atoms with Crippen molar-refractivity contribution in [1.82, 2.24) is 10.2 Å². The third kappa shape index (κ3) is 7.09. The van der Waals surface area contributed by atoms with Crippen LogP contribution in [-0.4, -0.2) is 37.5 Å². The van der Waals surface area contributed by atoms with Crippen molar-refractivity contribution in [3.63, 3.8) is 0 Å². The number of methoxy groups -OCH3 is 2. The lowest BCUT2D eigenvalue weighted by molar-refractivity contribution is -0.144. The third-order valence-electron chi connectivity index (χ3n) is 5.84. The number of benzene rings is 3. The van der Waals surface area contributed by atoms with E-state index in [1.165, 1.54) is 0 Å². The molecule has 0 aliphatic heterocycles. The summed E-state index contributed by atoms with van der Waals surface area (Å²) in [4.78, 5) is 28.6. The molecule has 2 amide bonds. The summed E-state index contributed by atoms with van der Waals surface area (Å²) in [6.45, 7) is 4.48. The lowest BCUT2D eigenvalue weighted by Crippen LogP contribution is -2.45. The topological polar surface area (TPSA) is 67.9 Å². The van der Waals surface area contributed by atoms with Crippen LogP contribution in [0.3, 0.4) is 0 Å². The summed E-state index contributed by atoms with van der Waals surface area (Å²) in [5, 5.41) is 3.05. The van der Waals surface area contributed by atoms with E-state index >= 15 is 0 Å². The van der Waals surface area contributed by atoms with E-state index in [-0.39, 0.29) is 17.7 Å². The van der Waals surface area contributed by atoms with Gasteiger partial charge in [-0.05, 0) is 47.4 Å². The molecular weight excluding hydrogens is 440 g/mol. The first-order chi connectivity index (χ1) is 16.9. The summed E-state index contributed by atoms with van der Waals surface area (Å²) in [6, 6.07) is 24.1. The second-order valence-corrected chi connectivity index (χ2v) is 8.67. The van der Waals surface area contributed by atoms with Crippen LogP contribution in [0.25, 0.3) is 0 Å². The van der Waals surface area contributed by atoms with Crippen molar-refractivity contribution in [3.8, 4) is 11.5 Å². The molecule has 3 aromatic rings. The Morgan fingerprint density at radius 2 is 1.34 bits per heavy atom. The summed E-state index contributed by atoms with van der Waals surface area (Å²) < 4.78 is 10.5. The molecule has 6 heteroatoms. The molecule has 0 aromatic heterocycles. The normalized spacial score (nSPS) is 11.6. The molecule has 0 unspecified atom stereocenters. The lowest BCUT2D eigenvalue weighted by Gasteiger charge is -2.33. The van der Waals surface area contributed by atoms with E-state index in [0.717, 1.165) is 28.2 Å². The van der Waals surface area contributed by atoms with E-state index in [0.29, 0.717) is 19.5 Å². The first kappa shape index (κ1) is 25.8. The number of ether oxygens (including phenoxy) is 2. The number of carbonyl (C=O) groups is 2. The van der Waals surface area contributed by atoms with E-state index in [4.69, 9.17) is 9.47 Å². The van der Waals surface area contributed by atoms with Crippen LogP contribution in [0.2, 0.25) is 0 Å². The van der Waals surface area contributed by atoms with Crippen molar-refractivity contribution in [1.29, 1.82) is 0 Å². The Balaban J connectivity index is 1.83.